The minimum absolute atomic E-state index is 0.124. The maximum Gasteiger partial charge on any atom is 0.329 e. The van der Waals surface area contributed by atoms with E-state index in [1.807, 2.05) is 26.0 Å². The molecule has 2 aromatic rings. The highest BCUT2D eigenvalue weighted by molar-refractivity contribution is 6.30. The first kappa shape index (κ1) is 27.0. The molecule has 0 aliphatic rings. The average molecular weight is 491 g/mol. The lowest BCUT2D eigenvalue weighted by molar-refractivity contribution is -0.150. The molecule has 0 saturated heterocycles. The predicted octanol–water partition coefficient (Wildman–Crippen LogP) is 3.40. The maximum absolute atomic E-state index is 12.6. The number of halogens is 1. The summed E-state index contributed by atoms with van der Waals surface area (Å²) >= 11 is 5.85. The van der Waals surface area contributed by atoms with Gasteiger partial charge in [-0.1, -0.05) is 31.5 Å². The highest BCUT2D eigenvalue weighted by atomic mass is 35.5. The van der Waals surface area contributed by atoms with E-state index in [9.17, 15) is 14.4 Å². The molecule has 0 aliphatic carbocycles. The molecule has 0 bridgehead atoms. The van der Waals surface area contributed by atoms with Crippen LogP contribution >= 0.6 is 11.6 Å². The zero-order valence-electron chi connectivity index (χ0n) is 19.9. The molecule has 34 heavy (non-hydrogen) atoms. The average Bonchev–Trinajstić information content (AvgIpc) is 2.82. The zero-order valence-corrected chi connectivity index (χ0v) is 20.6. The van der Waals surface area contributed by atoms with Crippen molar-refractivity contribution in [3.63, 3.8) is 0 Å². The monoisotopic (exact) mass is 490 g/mol. The van der Waals surface area contributed by atoms with Gasteiger partial charge in [0.1, 0.15) is 6.04 Å². The molecule has 0 spiro atoms. The number of nitrogens with one attached hydrogen (secondary N) is 2. The van der Waals surface area contributed by atoms with Gasteiger partial charge in [-0.3, -0.25) is 9.59 Å². The normalized spacial score (nSPS) is 11.5. The van der Waals surface area contributed by atoms with Gasteiger partial charge in [-0.15, -0.1) is 0 Å². The Hall–Kier alpha value is -3.26. The van der Waals surface area contributed by atoms with Crippen LogP contribution in [0, 0.1) is 5.92 Å². The van der Waals surface area contributed by atoms with E-state index < -0.39 is 30.4 Å². The minimum atomic E-state index is -0.872. The van der Waals surface area contributed by atoms with Gasteiger partial charge in [0.15, 0.2) is 18.1 Å². The topological polar surface area (TPSA) is 103 Å². The first-order valence-corrected chi connectivity index (χ1v) is 11.3. The fraction of sp³-hybridized carbons (Fsp3) is 0.400. The van der Waals surface area contributed by atoms with Crippen molar-refractivity contribution in [2.45, 2.75) is 32.7 Å². The molecular formula is C25H31ClN2O6. The summed E-state index contributed by atoms with van der Waals surface area (Å²) in [5.74, 6) is -0.150. The summed E-state index contributed by atoms with van der Waals surface area (Å²) in [4.78, 5) is 37.2. The Morgan fingerprint density at radius 3 is 2.26 bits per heavy atom. The molecule has 0 aliphatic heterocycles. The van der Waals surface area contributed by atoms with E-state index in [-0.39, 0.29) is 5.92 Å². The lowest BCUT2D eigenvalue weighted by Crippen LogP contribution is -2.43. The third kappa shape index (κ3) is 8.59. The number of esters is 1. The largest absolute Gasteiger partial charge is 0.493 e. The molecule has 2 rings (SSSR count). The maximum atomic E-state index is 12.6. The van der Waals surface area contributed by atoms with Crippen LogP contribution in [0.1, 0.15) is 36.2 Å². The van der Waals surface area contributed by atoms with Crippen LogP contribution in [0.4, 0.5) is 0 Å². The second-order valence-corrected chi connectivity index (χ2v) is 8.50. The summed E-state index contributed by atoms with van der Waals surface area (Å²) in [6.45, 7) is 3.77. The molecule has 2 N–H and O–H groups in total. The van der Waals surface area contributed by atoms with Gasteiger partial charge < -0.3 is 24.8 Å². The molecule has 0 fully saturated rings. The number of carbonyl (C=O) groups excluding carboxylic acids is 3. The lowest BCUT2D eigenvalue weighted by atomic mass is 10.0. The van der Waals surface area contributed by atoms with Crippen molar-refractivity contribution in [1.29, 1.82) is 0 Å². The Kier molecular flexibility index (Phi) is 10.7. The second-order valence-electron chi connectivity index (χ2n) is 8.06. The molecule has 0 heterocycles. The van der Waals surface area contributed by atoms with Crippen molar-refractivity contribution < 1.29 is 28.6 Å². The number of hydrogen-bond acceptors (Lipinski definition) is 6. The Labute approximate surface area is 204 Å². The van der Waals surface area contributed by atoms with Gasteiger partial charge >= 0.3 is 5.97 Å². The van der Waals surface area contributed by atoms with Crippen LogP contribution in [0.15, 0.2) is 42.5 Å². The molecule has 1 atom stereocenters. The molecule has 0 radical (unpaired) electrons. The summed E-state index contributed by atoms with van der Waals surface area (Å²) in [5, 5.41) is 5.90. The van der Waals surface area contributed by atoms with Gasteiger partial charge in [-0.05, 0) is 60.7 Å². The number of rotatable bonds is 12. The van der Waals surface area contributed by atoms with Crippen molar-refractivity contribution in [2.24, 2.45) is 5.92 Å². The van der Waals surface area contributed by atoms with E-state index in [1.165, 1.54) is 0 Å². The number of hydrogen-bond donors (Lipinski definition) is 2. The molecular weight excluding hydrogens is 460 g/mol. The van der Waals surface area contributed by atoms with Gasteiger partial charge in [-0.2, -0.15) is 0 Å². The van der Waals surface area contributed by atoms with E-state index in [4.69, 9.17) is 25.8 Å². The molecule has 8 nitrogen and oxygen atoms in total. The van der Waals surface area contributed by atoms with Gasteiger partial charge in [-0.25, -0.2) is 4.79 Å². The van der Waals surface area contributed by atoms with Crippen LogP contribution in [0.25, 0.3) is 0 Å². The fourth-order valence-electron chi connectivity index (χ4n) is 3.20. The Morgan fingerprint density at radius 2 is 1.65 bits per heavy atom. The van der Waals surface area contributed by atoms with Crippen LogP contribution in [-0.2, 0) is 20.7 Å². The van der Waals surface area contributed by atoms with Crippen LogP contribution in [0.5, 0.6) is 11.5 Å². The number of amides is 2. The van der Waals surface area contributed by atoms with Gasteiger partial charge in [0.2, 0.25) is 0 Å². The van der Waals surface area contributed by atoms with Gasteiger partial charge in [0, 0.05) is 17.1 Å². The minimum Gasteiger partial charge on any atom is -0.493 e. The molecule has 2 aromatic carbocycles. The van der Waals surface area contributed by atoms with Crippen molar-refractivity contribution in [1.82, 2.24) is 10.6 Å². The van der Waals surface area contributed by atoms with Gasteiger partial charge in [0.05, 0.1) is 14.2 Å². The van der Waals surface area contributed by atoms with E-state index in [0.717, 1.165) is 5.56 Å². The van der Waals surface area contributed by atoms with Crippen molar-refractivity contribution in [3.05, 3.63) is 58.6 Å². The smallest absolute Gasteiger partial charge is 0.329 e. The third-order valence-corrected chi connectivity index (χ3v) is 5.18. The first-order valence-electron chi connectivity index (χ1n) is 10.9. The van der Waals surface area contributed by atoms with Crippen LogP contribution in [-0.4, -0.2) is 51.2 Å². The number of benzene rings is 2. The van der Waals surface area contributed by atoms with E-state index in [2.05, 4.69) is 10.6 Å². The molecule has 1 unspecified atom stereocenters. The molecule has 0 saturated carbocycles. The standard InChI is InChI=1S/C25H31ClN2O6/c1-16(2)13-20(28-24(30)18-6-8-19(26)9-7-18)25(31)34-15-23(29)27-12-11-17-5-10-21(32-3)22(14-17)33-4/h5-10,14,16,20H,11-13,15H2,1-4H3,(H,27,29)(H,28,30). The number of methoxy groups -OCH3 is 2. The highest BCUT2D eigenvalue weighted by Crippen LogP contribution is 2.27. The summed E-state index contributed by atoms with van der Waals surface area (Å²) in [5.41, 5.74) is 1.33. The lowest BCUT2D eigenvalue weighted by Gasteiger charge is -2.19. The zero-order chi connectivity index (χ0) is 25.1. The Balaban J connectivity index is 1.84. The van der Waals surface area contributed by atoms with E-state index >= 15 is 0 Å². The number of carbonyl (C=O) groups is 3. The van der Waals surface area contributed by atoms with Crippen molar-refractivity contribution >= 4 is 29.4 Å². The second kappa shape index (κ2) is 13.4. The number of ether oxygens (including phenoxy) is 3. The van der Waals surface area contributed by atoms with Crippen LogP contribution < -0.4 is 20.1 Å². The van der Waals surface area contributed by atoms with Crippen LogP contribution in [0.3, 0.4) is 0 Å². The highest BCUT2D eigenvalue weighted by Gasteiger charge is 2.24. The Bertz CT molecular complexity index is 978. The molecule has 2 amide bonds. The fourth-order valence-corrected chi connectivity index (χ4v) is 3.33. The molecule has 9 heteroatoms. The summed E-state index contributed by atoms with van der Waals surface area (Å²) < 4.78 is 15.7. The SMILES string of the molecule is COc1ccc(CCNC(=O)COC(=O)C(CC(C)C)NC(=O)c2ccc(Cl)cc2)cc1OC. The molecule has 0 aromatic heterocycles. The van der Waals surface area contributed by atoms with Crippen molar-refractivity contribution in [3.8, 4) is 11.5 Å². The summed E-state index contributed by atoms with van der Waals surface area (Å²) in [6, 6.07) is 11.0. The van der Waals surface area contributed by atoms with Crippen LogP contribution in [0.2, 0.25) is 5.02 Å². The summed E-state index contributed by atoms with van der Waals surface area (Å²) in [6.07, 6.45) is 0.937. The first-order chi connectivity index (χ1) is 16.2. The van der Waals surface area contributed by atoms with Gasteiger partial charge in [0.25, 0.3) is 11.8 Å². The quantitative estimate of drug-likeness (QED) is 0.442. The van der Waals surface area contributed by atoms with Crippen molar-refractivity contribution in [2.75, 3.05) is 27.4 Å². The molecule has 184 valence electrons. The van der Waals surface area contributed by atoms with E-state index in [1.54, 1.807) is 44.6 Å². The third-order valence-electron chi connectivity index (χ3n) is 4.93. The van der Waals surface area contributed by atoms with E-state index in [0.29, 0.717) is 41.5 Å². The summed E-state index contributed by atoms with van der Waals surface area (Å²) in [7, 11) is 3.12. The predicted molar refractivity (Wildman–Crippen MR) is 129 cm³/mol. The Morgan fingerprint density at radius 1 is 0.971 bits per heavy atom.